The van der Waals surface area contributed by atoms with Gasteiger partial charge in [-0.3, -0.25) is 4.79 Å². The number of carbonyl (C=O) groups is 1. The van der Waals surface area contributed by atoms with Gasteiger partial charge in [0.15, 0.2) is 11.5 Å². The molecule has 1 unspecified atom stereocenters. The molecule has 0 aliphatic carbocycles. The standard InChI is InChI=1S/C21H25NO3/c1-3-20(23)22-13-16-7-4-6-15(10-16)11-17-12-18-8-5-9-19(24-2)21(18)25-14-17/h4-10,17H,3,11-14H2,1-2H3,(H,22,23). The Morgan fingerprint density at radius 1 is 1.24 bits per heavy atom. The summed E-state index contributed by atoms with van der Waals surface area (Å²) in [6.07, 6.45) is 2.47. The Balaban J connectivity index is 1.64. The van der Waals surface area contributed by atoms with Gasteiger partial charge in [-0.05, 0) is 35.6 Å². The van der Waals surface area contributed by atoms with E-state index in [4.69, 9.17) is 9.47 Å². The first kappa shape index (κ1) is 17.3. The molecule has 0 aromatic heterocycles. The topological polar surface area (TPSA) is 47.6 Å². The van der Waals surface area contributed by atoms with Crippen molar-refractivity contribution >= 4 is 5.91 Å². The molecule has 2 aromatic carbocycles. The summed E-state index contributed by atoms with van der Waals surface area (Å²) in [4.78, 5) is 11.4. The van der Waals surface area contributed by atoms with Crippen molar-refractivity contribution in [2.45, 2.75) is 32.7 Å². The van der Waals surface area contributed by atoms with Crippen molar-refractivity contribution in [2.24, 2.45) is 5.92 Å². The number of ether oxygens (including phenoxy) is 2. The van der Waals surface area contributed by atoms with Crippen LogP contribution in [0.2, 0.25) is 0 Å². The Kier molecular flexibility index (Phi) is 5.59. The molecule has 2 aromatic rings. The van der Waals surface area contributed by atoms with Gasteiger partial charge in [-0.1, -0.05) is 43.3 Å². The van der Waals surface area contributed by atoms with Crippen molar-refractivity contribution in [1.82, 2.24) is 5.32 Å². The molecule has 25 heavy (non-hydrogen) atoms. The van der Waals surface area contributed by atoms with E-state index in [1.807, 2.05) is 19.1 Å². The van der Waals surface area contributed by atoms with Gasteiger partial charge in [0, 0.05) is 18.9 Å². The van der Waals surface area contributed by atoms with Crippen LogP contribution in [0.4, 0.5) is 0 Å². The van der Waals surface area contributed by atoms with E-state index in [0.29, 0.717) is 25.5 Å². The maximum Gasteiger partial charge on any atom is 0.219 e. The molecular weight excluding hydrogens is 314 g/mol. The largest absolute Gasteiger partial charge is 0.493 e. The molecule has 0 spiro atoms. The van der Waals surface area contributed by atoms with Crippen LogP contribution in [0, 0.1) is 5.92 Å². The summed E-state index contributed by atoms with van der Waals surface area (Å²) >= 11 is 0. The van der Waals surface area contributed by atoms with Crippen molar-refractivity contribution in [2.75, 3.05) is 13.7 Å². The van der Waals surface area contributed by atoms with Crippen molar-refractivity contribution in [3.63, 3.8) is 0 Å². The SMILES string of the molecule is CCC(=O)NCc1cccc(CC2COc3c(cccc3OC)C2)c1. The summed E-state index contributed by atoms with van der Waals surface area (Å²) in [5.41, 5.74) is 3.63. The first-order valence-electron chi connectivity index (χ1n) is 8.82. The third kappa shape index (κ3) is 4.32. The molecule has 1 amide bonds. The van der Waals surface area contributed by atoms with Gasteiger partial charge in [0.1, 0.15) is 0 Å². The molecule has 1 N–H and O–H groups in total. The highest BCUT2D eigenvalue weighted by atomic mass is 16.5. The van der Waals surface area contributed by atoms with Gasteiger partial charge in [0.25, 0.3) is 0 Å². The van der Waals surface area contributed by atoms with Gasteiger partial charge in [0.05, 0.1) is 13.7 Å². The molecule has 4 heteroatoms. The number of methoxy groups -OCH3 is 1. The van der Waals surface area contributed by atoms with E-state index in [1.165, 1.54) is 11.1 Å². The number of nitrogens with one attached hydrogen (secondary N) is 1. The monoisotopic (exact) mass is 339 g/mol. The molecule has 1 heterocycles. The highest BCUT2D eigenvalue weighted by Gasteiger charge is 2.22. The van der Waals surface area contributed by atoms with Crippen LogP contribution in [0.15, 0.2) is 42.5 Å². The third-order valence-corrected chi connectivity index (χ3v) is 4.58. The lowest BCUT2D eigenvalue weighted by molar-refractivity contribution is -0.120. The third-order valence-electron chi connectivity index (χ3n) is 4.58. The lowest BCUT2D eigenvalue weighted by atomic mass is 9.90. The number of rotatable bonds is 6. The van der Waals surface area contributed by atoms with Gasteiger partial charge < -0.3 is 14.8 Å². The molecule has 4 nitrogen and oxygen atoms in total. The number of para-hydroxylation sites is 1. The number of hydrogen-bond acceptors (Lipinski definition) is 3. The van der Waals surface area contributed by atoms with E-state index in [-0.39, 0.29) is 5.91 Å². The van der Waals surface area contributed by atoms with Crippen LogP contribution < -0.4 is 14.8 Å². The smallest absolute Gasteiger partial charge is 0.219 e. The first-order chi connectivity index (χ1) is 12.2. The Bertz CT molecular complexity index is 742. The summed E-state index contributed by atoms with van der Waals surface area (Å²) in [5, 5.41) is 2.93. The molecule has 132 valence electrons. The molecule has 1 aliphatic rings. The van der Waals surface area contributed by atoms with E-state index in [0.717, 1.165) is 29.9 Å². The molecule has 0 fully saturated rings. The minimum atomic E-state index is 0.0802. The Labute approximate surface area is 149 Å². The van der Waals surface area contributed by atoms with Crippen molar-refractivity contribution in [3.8, 4) is 11.5 Å². The predicted molar refractivity (Wildman–Crippen MR) is 98.0 cm³/mol. The molecule has 0 saturated carbocycles. The lowest BCUT2D eigenvalue weighted by Crippen LogP contribution is -2.23. The normalized spacial score (nSPS) is 15.8. The van der Waals surface area contributed by atoms with E-state index < -0.39 is 0 Å². The Morgan fingerprint density at radius 2 is 2.04 bits per heavy atom. The van der Waals surface area contributed by atoms with Gasteiger partial charge >= 0.3 is 0 Å². The average Bonchev–Trinajstić information content (AvgIpc) is 2.65. The predicted octanol–water partition coefficient (Wildman–Crippen LogP) is 3.52. The number of benzene rings is 2. The molecule has 1 atom stereocenters. The molecule has 3 rings (SSSR count). The number of carbonyl (C=O) groups excluding carboxylic acids is 1. The zero-order chi connectivity index (χ0) is 17.6. The fraction of sp³-hybridized carbons (Fsp3) is 0.381. The van der Waals surface area contributed by atoms with E-state index in [2.05, 4.69) is 35.6 Å². The van der Waals surface area contributed by atoms with Gasteiger partial charge in [0.2, 0.25) is 5.91 Å². The first-order valence-corrected chi connectivity index (χ1v) is 8.82. The second-order valence-corrected chi connectivity index (χ2v) is 6.48. The van der Waals surface area contributed by atoms with Gasteiger partial charge in [-0.25, -0.2) is 0 Å². The number of amides is 1. The summed E-state index contributed by atoms with van der Waals surface area (Å²) in [5.74, 6) is 2.22. The summed E-state index contributed by atoms with van der Waals surface area (Å²) in [6, 6.07) is 14.5. The van der Waals surface area contributed by atoms with Crippen LogP contribution >= 0.6 is 0 Å². The summed E-state index contributed by atoms with van der Waals surface area (Å²) in [6.45, 7) is 3.15. The maximum absolute atomic E-state index is 11.4. The minimum absolute atomic E-state index is 0.0802. The van der Waals surface area contributed by atoms with Crippen LogP contribution in [-0.2, 0) is 24.2 Å². The second kappa shape index (κ2) is 8.06. The van der Waals surface area contributed by atoms with Crippen LogP contribution in [0.3, 0.4) is 0 Å². The second-order valence-electron chi connectivity index (χ2n) is 6.48. The zero-order valence-electron chi connectivity index (χ0n) is 14.9. The zero-order valence-corrected chi connectivity index (χ0v) is 14.9. The maximum atomic E-state index is 11.4. The number of hydrogen-bond donors (Lipinski definition) is 1. The summed E-state index contributed by atoms with van der Waals surface area (Å²) < 4.78 is 11.3. The molecule has 0 radical (unpaired) electrons. The van der Waals surface area contributed by atoms with Crippen molar-refractivity contribution in [1.29, 1.82) is 0 Å². The number of fused-ring (bicyclic) bond motifs is 1. The molecule has 0 saturated heterocycles. The van der Waals surface area contributed by atoms with E-state index >= 15 is 0 Å². The highest BCUT2D eigenvalue weighted by molar-refractivity contribution is 5.75. The molecule has 1 aliphatic heterocycles. The van der Waals surface area contributed by atoms with Gasteiger partial charge in [-0.15, -0.1) is 0 Å². The molecule has 0 bridgehead atoms. The summed E-state index contributed by atoms with van der Waals surface area (Å²) in [7, 11) is 1.67. The van der Waals surface area contributed by atoms with E-state index in [1.54, 1.807) is 7.11 Å². The van der Waals surface area contributed by atoms with Crippen LogP contribution in [-0.4, -0.2) is 19.6 Å². The van der Waals surface area contributed by atoms with Gasteiger partial charge in [-0.2, -0.15) is 0 Å². The quantitative estimate of drug-likeness (QED) is 0.876. The minimum Gasteiger partial charge on any atom is -0.493 e. The fourth-order valence-electron chi connectivity index (χ4n) is 3.27. The van der Waals surface area contributed by atoms with Crippen LogP contribution in [0.25, 0.3) is 0 Å². The average molecular weight is 339 g/mol. The van der Waals surface area contributed by atoms with Crippen LogP contribution in [0.5, 0.6) is 11.5 Å². The molecular formula is C21H25NO3. The highest BCUT2D eigenvalue weighted by Crippen LogP contribution is 2.36. The van der Waals surface area contributed by atoms with Crippen molar-refractivity contribution < 1.29 is 14.3 Å². The Hall–Kier alpha value is -2.49. The lowest BCUT2D eigenvalue weighted by Gasteiger charge is -2.26. The van der Waals surface area contributed by atoms with Crippen LogP contribution in [0.1, 0.15) is 30.0 Å². The fourth-order valence-corrected chi connectivity index (χ4v) is 3.27. The Morgan fingerprint density at radius 3 is 2.84 bits per heavy atom. The van der Waals surface area contributed by atoms with Crippen molar-refractivity contribution in [3.05, 3.63) is 59.2 Å². The van der Waals surface area contributed by atoms with E-state index in [9.17, 15) is 4.79 Å².